The Labute approximate surface area is 268 Å². The lowest BCUT2D eigenvalue weighted by Crippen LogP contribution is -2.44. The van der Waals surface area contributed by atoms with Gasteiger partial charge in [-0.15, -0.1) is 0 Å². The Balaban J connectivity index is 1.20. The van der Waals surface area contributed by atoms with Crippen LogP contribution in [0.5, 0.6) is 0 Å². The number of likely N-dealkylation sites (tertiary alicyclic amines) is 1. The van der Waals surface area contributed by atoms with Crippen LogP contribution in [-0.4, -0.2) is 78.2 Å². The maximum atomic E-state index is 14.0. The number of nitrogens with zero attached hydrogens (tertiary/aromatic N) is 4. The predicted octanol–water partition coefficient (Wildman–Crippen LogP) is 3.40. The van der Waals surface area contributed by atoms with Gasteiger partial charge in [-0.1, -0.05) is 12.1 Å². The molecule has 46 heavy (non-hydrogen) atoms. The Bertz CT molecular complexity index is 1720. The highest BCUT2D eigenvalue weighted by molar-refractivity contribution is 7.88. The third-order valence-corrected chi connectivity index (χ3v) is 11.0. The van der Waals surface area contributed by atoms with Crippen LogP contribution in [0.15, 0.2) is 42.5 Å². The summed E-state index contributed by atoms with van der Waals surface area (Å²) in [6.07, 6.45) is 5.26. The van der Waals surface area contributed by atoms with E-state index in [-0.39, 0.29) is 24.4 Å². The highest BCUT2D eigenvalue weighted by Crippen LogP contribution is 2.38. The first-order chi connectivity index (χ1) is 22.1. The van der Waals surface area contributed by atoms with Gasteiger partial charge in [0.1, 0.15) is 12.5 Å². The molecule has 0 bridgehead atoms. The van der Waals surface area contributed by atoms with Crippen molar-refractivity contribution in [3.8, 4) is 11.3 Å². The summed E-state index contributed by atoms with van der Waals surface area (Å²) in [5, 5.41) is 10.8. The second kappa shape index (κ2) is 13.2. The number of fused-ring (bicyclic) bond motifs is 1. The fourth-order valence-electron chi connectivity index (χ4n) is 6.96. The molecule has 2 saturated heterocycles. The molecule has 0 aliphatic carbocycles. The molecule has 3 aliphatic heterocycles. The van der Waals surface area contributed by atoms with Crippen LogP contribution in [0.4, 0.5) is 8.78 Å². The van der Waals surface area contributed by atoms with E-state index in [0.717, 1.165) is 63.1 Å². The topological polar surface area (TPSA) is 117 Å². The van der Waals surface area contributed by atoms with Crippen molar-refractivity contribution < 1.29 is 26.8 Å². The van der Waals surface area contributed by atoms with E-state index in [9.17, 15) is 26.8 Å². The molecule has 0 atom stereocenters. The number of amides is 2. The van der Waals surface area contributed by atoms with Crippen LogP contribution in [0.25, 0.3) is 11.3 Å². The van der Waals surface area contributed by atoms with E-state index in [0.29, 0.717) is 47.5 Å². The number of sulfonamides is 1. The van der Waals surface area contributed by atoms with E-state index < -0.39 is 28.4 Å². The van der Waals surface area contributed by atoms with Gasteiger partial charge in [0.15, 0.2) is 0 Å². The molecule has 0 saturated carbocycles. The quantitative estimate of drug-likeness (QED) is 0.346. The third-order valence-electron chi connectivity index (χ3n) is 9.77. The van der Waals surface area contributed by atoms with Gasteiger partial charge in [0.25, 0.3) is 5.91 Å². The molecular formula is C33H40F2N6O4S. The molecule has 2 fully saturated rings. The van der Waals surface area contributed by atoms with Crippen LogP contribution in [0.1, 0.15) is 58.4 Å². The number of hydrogen-bond donors (Lipinski definition) is 2. The maximum Gasteiger partial charge on any atom is 0.251 e. The van der Waals surface area contributed by atoms with Crippen LogP contribution in [0.2, 0.25) is 0 Å². The van der Waals surface area contributed by atoms with Crippen molar-refractivity contribution in [3.05, 3.63) is 76.2 Å². The Morgan fingerprint density at radius 1 is 1.04 bits per heavy atom. The van der Waals surface area contributed by atoms with Gasteiger partial charge in [0.2, 0.25) is 15.9 Å². The monoisotopic (exact) mass is 654 g/mol. The number of carbonyl (C=O) groups excluding carboxylic acids is 2. The summed E-state index contributed by atoms with van der Waals surface area (Å²) < 4.78 is 55.7. The second-order valence-corrected chi connectivity index (χ2v) is 14.6. The van der Waals surface area contributed by atoms with Gasteiger partial charge < -0.3 is 15.5 Å². The summed E-state index contributed by atoms with van der Waals surface area (Å²) in [6, 6.07) is 10.5. The van der Waals surface area contributed by atoms with Gasteiger partial charge in [-0.2, -0.15) is 9.40 Å². The molecule has 246 valence electrons. The van der Waals surface area contributed by atoms with E-state index in [1.165, 1.54) is 34.8 Å². The van der Waals surface area contributed by atoms with E-state index in [1.54, 1.807) is 18.2 Å². The molecule has 1 aromatic heterocycles. The number of piperidine rings is 1. The van der Waals surface area contributed by atoms with Crippen LogP contribution in [0, 0.1) is 11.2 Å². The van der Waals surface area contributed by atoms with Crippen LogP contribution in [0.3, 0.4) is 0 Å². The number of rotatable bonds is 10. The second-order valence-electron chi connectivity index (χ2n) is 12.6. The average Bonchev–Trinajstić information content (AvgIpc) is 3.59. The summed E-state index contributed by atoms with van der Waals surface area (Å²) in [5.41, 5.74) is 4.28. The molecule has 2 amide bonds. The highest BCUT2D eigenvalue weighted by atomic mass is 32.2. The first kappa shape index (κ1) is 32.3. The molecule has 3 aliphatic rings. The number of benzene rings is 2. The smallest absolute Gasteiger partial charge is 0.251 e. The fraction of sp³-hybridized carbons (Fsp3) is 0.485. The summed E-state index contributed by atoms with van der Waals surface area (Å²) in [7, 11) is -3.43. The molecule has 3 aromatic rings. The standard InChI is InChI=1S/C33H40F2N6O4S/c1-46(44,45)40-16-9-29-28(22-40)30(38-41(29)15-2-14-39-17-11-33(12-18-39)10-13-36-32(33)43)24-3-4-25(20-34)26(19-24)21-37-31(42)23-5-7-27(35)8-6-23/h3-8,19H,2,9-18,20-22H2,1H3,(H,36,43)(H,37,42). The summed E-state index contributed by atoms with van der Waals surface area (Å²) in [4.78, 5) is 27.4. The van der Waals surface area contributed by atoms with Crippen molar-refractivity contribution in [2.24, 2.45) is 5.41 Å². The van der Waals surface area contributed by atoms with Crippen molar-refractivity contribution in [3.63, 3.8) is 0 Å². The Morgan fingerprint density at radius 2 is 1.80 bits per heavy atom. The number of halogens is 2. The molecule has 0 radical (unpaired) electrons. The first-order valence-electron chi connectivity index (χ1n) is 15.8. The van der Waals surface area contributed by atoms with Crippen molar-refractivity contribution >= 4 is 21.8 Å². The average molecular weight is 655 g/mol. The number of carbonyl (C=O) groups is 2. The molecule has 0 unspecified atom stereocenters. The predicted molar refractivity (Wildman–Crippen MR) is 169 cm³/mol. The fourth-order valence-corrected chi connectivity index (χ4v) is 7.74. The van der Waals surface area contributed by atoms with Gasteiger partial charge in [0, 0.05) is 61.5 Å². The largest absolute Gasteiger partial charge is 0.356 e. The zero-order valence-electron chi connectivity index (χ0n) is 26.0. The SMILES string of the molecule is CS(=O)(=O)N1CCc2c(c(-c3ccc(CF)c(CNC(=O)c4ccc(F)cc4)c3)nn2CCCN2CCC3(CCNC3=O)CC2)C1. The summed E-state index contributed by atoms with van der Waals surface area (Å²) >= 11 is 0. The highest BCUT2D eigenvalue weighted by Gasteiger charge is 2.44. The molecular weight excluding hydrogens is 614 g/mol. The van der Waals surface area contributed by atoms with Crippen molar-refractivity contribution in [1.82, 2.24) is 29.6 Å². The number of aryl methyl sites for hydroxylation is 1. The van der Waals surface area contributed by atoms with Gasteiger partial charge in [-0.05, 0) is 86.8 Å². The van der Waals surface area contributed by atoms with Crippen molar-refractivity contribution in [1.29, 1.82) is 0 Å². The zero-order chi connectivity index (χ0) is 32.5. The minimum Gasteiger partial charge on any atom is -0.356 e. The first-order valence-corrected chi connectivity index (χ1v) is 17.7. The van der Waals surface area contributed by atoms with Gasteiger partial charge in [-0.3, -0.25) is 14.3 Å². The molecule has 1 spiro atoms. The van der Waals surface area contributed by atoms with Crippen LogP contribution < -0.4 is 10.6 Å². The lowest BCUT2D eigenvalue weighted by atomic mass is 9.77. The van der Waals surface area contributed by atoms with E-state index in [4.69, 9.17) is 5.10 Å². The minimum atomic E-state index is -3.43. The van der Waals surface area contributed by atoms with Crippen LogP contribution >= 0.6 is 0 Å². The lowest BCUT2D eigenvalue weighted by molar-refractivity contribution is -0.130. The van der Waals surface area contributed by atoms with Gasteiger partial charge in [-0.25, -0.2) is 17.2 Å². The van der Waals surface area contributed by atoms with Crippen LogP contribution in [-0.2, 0) is 47.5 Å². The molecule has 2 aromatic carbocycles. The third kappa shape index (κ3) is 6.72. The van der Waals surface area contributed by atoms with Crippen molar-refractivity contribution in [2.45, 2.75) is 58.4 Å². The molecule has 2 N–H and O–H groups in total. The number of alkyl halides is 1. The minimum absolute atomic E-state index is 0.0560. The van der Waals surface area contributed by atoms with Gasteiger partial charge in [0.05, 0.1) is 17.4 Å². The number of nitrogens with one attached hydrogen (secondary N) is 2. The molecule has 10 nitrogen and oxygen atoms in total. The molecule has 4 heterocycles. The summed E-state index contributed by atoms with van der Waals surface area (Å²) in [5.74, 6) is -0.652. The van der Waals surface area contributed by atoms with Gasteiger partial charge >= 0.3 is 0 Å². The molecule has 13 heteroatoms. The zero-order valence-corrected chi connectivity index (χ0v) is 26.8. The number of hydrogen-bond acceptors (Lipinski definition) is 6. The summed E-state index contributed by atoms with van der Waals surface area (Å²) in [6.45, 7) is 3.98. The van der Waals surface area contributed by atoms with E-state index >= 15 is 0 Å². The Hall–Kier alpha value is -3.68. The van der Waals surface area contributed by atoms with E-state index in [1.807, 2.05) is 4.68 Å². The van der Waals surface area contributed by atoms with E-state index in [2.05, 4.69) is 15.5 Å². The van der Waals surface area contributed by atoms with Crippen molar-refractivity contribution in [2.75, 3.05) is 39.0 Å². The Kier molecular flexibility index (Phi) is 9.26. The lowest BCUT2D eigenvalue weighted by Gasteiger charge is -2.37. The maximum absolute atomic E-state index is 14.0. The molecule has 6 rings (SSSR count). The number of aromatic nitrogens is 2. The Morgan fingerprint density at radius 3 is 2.48 bits per heavy atom. The normalized spacial score (nSPS) is 18.5.